The van der Waals surface area contributed by atoms with Gasteiger partial charge in [-0.1, -0.05) is 39.0 Å². The predicted octanol–water partition coefficient (Wildman–Crippen LogP) is 4.51. The van der Waals surface area contributed by atoms with Crippen LogP contribution in [0.2, 0.25) is 0 Å². The largest absolute Gasteiger partial charge is 0.378 e. The van der Waals surface area contributed by atoms with Crippen molar-refractivity contribution in [1.29, 1.82) is 5.26 Å². The number of nitrogens with zero attached hydrogens (tertiary/aromatic N) is 4. The van der Waals surface area contributed by atoms with Gasteiger partial charge in [0.25, 0.3) is 0 Å². The molecule has 0 radical (unpaired) electrons. The Morgan fingerprint density at radius 1 is 1.07 bits per heavy atom. The topological polar surface area (TPSA) is 82.7 Å². The first-order chi connectivity index (χ1) is 14.2. The molecule has 1 fully saturated rings. The molecule has 1 aliphatic rings. The number of aliphatic hydroxyl groups is 1. The van der Waals surface area contributed by atoms with Gasteiger partial charge in [-0.25, -0.2) is 14.4 Å². The van der Waals surface area contributed by atoms with Crippen LogP contribution in [0.15, 0.2) is 55.2 Å². The van der Waals surface area contributed by atoms with Crippen LogP contribution in [0.5, 0.6) is 0 Å². The molecule has 1 atom stereocenters. The fourth-order valence-corrected chi connectivity index (χ4v) is 3.86. The Morgan fingerprint density at radius 2 is 1.77 bits per heavy atom. The molecule has 1 unspecified atom stereocenters. The maximum Gasteiger partial charge on any atom is 0.139 e. The summed E-state index contributed by atoms with van der Waals surface area (Å²) in [5.41, 5.74) is 0.185. The van der Waals surface area contributed by atoms with Gasteiger partial charge in [0, 0.05) is 40.7 Å². The molecule has 0 amide bonds. The summed E-state index contributed by atoms with van der Waals surface area (Å²) >= 11 is 0. The van der Waals surface area contributed by atoms with Crippen molar-refractivity contribution in [2.45, 2.75) is 44.6 Å². The minimum atomic E-state index is -1.42. The summed E-state index contributed by atoms with van der Waals surface area (Å²) in [5, 5.41) is 21.0. The van der Waals surface area contributed by atoms with Crippen molar-refractivity contribution in [2.24, 2.45) is 5.41 Å². The Bertz CT molecular complexity index is 1110. The highest BCUT2D eigenvalue weighted by Gasteiger charge is 2.46. The molecule has 1 N–H and O–H groups in total. The van der Waals surface area contributed by atoms with Crippen LogP contribution in [0.25, 0.3) is 11.1 Å². The molecule has 152 valence electrons. The van der Waals surface area contributed by atoms with Crippen molar-refractivity contribution in [2.75, 3.05) is 0 Å². The molecule has 0 spiro atoms. The lowest BCUT2D eigenvalue weighted by molar-refractivity contribution is -0.0301. The lowest BCUT2D eigenvalue weighted by atomic mass is 9.70. The minimum Gasteiger partial charge on any atom is -0.378 e. The molecule has 5 nitrogen and oxygen atoms in total. The highest BCUT2D eigenvalue weighted by Crippen LogP contribution is 2.48. The first kappa shape index (κ1) is 20.1. The molecule has 1 aromatic carbocycles. The predicted molar refractivity (Wildman–Crippen MR) is 111 cm³/mol. The van der Waals surface area contributed by atoms with Gasteiger partial charge in [0.05, 0.1) is 17.2 Å². The number of rotatable bonds is 4. The van der Waals surface area contributed by atoms with Crippen LogP contribution < -0.4 is 0 Å². The van der Waals surface area contributed by atoms with E-state index in [0.717, 1.165) is 18.4 Å². The third kappa shape index (κ3) is 3.16. The third-order valence-corrected chi connectivity index (χ3v) is 5.99. The molecule has 1 saturated carbocycles. The molecule has 30 heavy (non-hydrogen) atoms. The van der Waals surface area contributed by atoms with Crippen LogP contribution in [0.3, 0.4) is 0 Å². The van der Waals surface area contributed by atoms with Crippen molar-refractivity contribution in [3.05, 3.63) is 77.9 Å². The molecule has 3 aromatic rings. The average Bonchev–Trinajstić information content (AvgIpc) is 3.54. The van der Waals surface area contributed by atoms with E-state index in [-0.39, 0.29) is 5.82 Å². The molecule has 2 heterocycles. The SMILES string of the molecule is CC(C)(C)C(O)(c1cncnc1)c1ccc(-c2ccc(C3(C#N)CC3)cc2F)cn1. The van der Waals surface area contributed by atoms with E-state index in [1.807, 2.05) is 26.8 Å². The molecule has 0 bridgehead atoms. The smallest absolute Gasteiger partial charge is 0.139 e. The molecule has 6 heteroatoms. The van der Waals surface area contributed by atoms with E-state index in [2.05, 4.69) is 21.0 Å². The summed E-state index contributed by atoms with van der Waals surface area (Å²) in [7, 11) is 0. The van der Waals surface area contributed by atoms with Crippen LogP contribution >= 0.6 is 0 Å². The minimum absolute atomic E-state index is 0.383. The summed E-state index contributed by atoms with van der Waals surface area (Å²) in [6, 6.07) is 10.7. The van der Waals surface area contributed by atoms with Gasteiger partial charge in [-0.05, 0) is 30.5 Å². The van der Waals surface area contributed by atoms with Crippen LogP contribution in [0, 0.1) is 22.6 Å². The van der Waals surface area contributed by atoms with E-state index in [1.54, 1.807) is 36.8 Å². The highest BCUT2D eigenvalue weighted by atomic mass is 19.1. The van der Waals surface area contributed by atoms with Gasteiger partial charge in [0.1, 0.15) is 17.7 Å². The van der Waals surface area contributed by atoms with E-state index in [4.69, 9.17) is 0 Å². The molecule has 2 aromatic heterocycles. The second kappa shape index (κ2) is 6.96. The summed E-state index contributed by atoms with van der Waals surface area (Å²) in [5.74, 6) is -0.383. The molecular formula is C24H23FN4O. The van der Waals surface area contributed by atoms with Crippen LogP contribution in [-0.2, 0) is 11.0 Å². The zero-order valence-electron chi connectivity index (χ0n) is 17.2. The number of benzene rings is 1. The van der Waals surface area contributed by atoms with E-state index >= 15 is 0 Å². The van der Waals surface area contributed by atoms with Gasteiger partial charge in [-0.3, -0.25) is 4.98 Å². The van der Waals surface area contributed by atoms with Gasteiger partial charge < -0.3 is 5.11 Å². The summed E-state index contributed by atoms with van der Waals surface area (Å²) in [6.07, 6.45) is 7.67. The number of hydrogen-bond donors (Lipinski definition) is 1. The maximum absolute atomic E-state index is 14.8. The van der Waals surface area contributed by atoms with E-state index in [9.17, 15) is 14.8 Å². The van der Waals surface area contributed by atoms with E-state index in [1.165, 1.54) is 12.4 Å². The van der Waals surface area contributed by atoms with Gasteiger partial charge in [-0.15, -0.1) is 0 Å². The fourth-order valence-electron chi connectivity index (χ4n) is 3.86. The average molecular weight is 402 g/mol. The Kier molecular flexibility index (Phi) is 4.67. The lowest BCUT2D eigenvalue weighted by Crippen LogP contribution is -2.42. The van der Waals surface area contributed by atoms with E-state index in [0.29, 0.717) is 22.4 Å². The van der Waals surface area contributed by atoms with Crippen molar-refractivity contribution in [1.82, 2.24) is 15.0 Å². The zero-order chi connectivity index (χ0) is 21.6. The van der Waals surface area contributed by atoms with Crippen molar-refractivity contribution >= 4 is 0 Å². The Labute approximate surface area is 175 Å². The van der Waals surface area contributed by atoms with Gasteiger partial charge in [0.2, 0.25) is 0 Å². The molecular weight excluding hydrogens is 379 g/mol. The normalized spacial score (nSPS) is 17.1. The maximum atomic E-state index is 14.8. The van der Waals surface area contributed by atoms with Gasteiger partial charge in [-0.2, -0.15) is 5.26 Å². The molecule has 1 aliphatic carbocycles. The van der Waals surface area contributed by atoms with E-state index < -0.39 is 16.4 Å². The Balaban J connectivity index is 1.71. The van der Waals surface area contributed by atoms with Crippen molar-refractivity contribution in [3.63, 3.8) is 0 Å². The number of aromatic nitrogens is 3. The number of hydrogen-bond acceptors (Lipinski definition) is 5. The van der Waals surface area contributed by atoms with Crippen molar-refractivity contribution in [3.8, 4) is 17.2 Å². The van der Waals surface area contributed by atoms with Crippen LogP contribution in [0.1, 0.15) is 50.4 Å². The lowest BCUT2D eigenvalue weighted by Gasteiger charge is -2.39. The summed E-state index contributed by atoms with van der Waals surface area (Å²) in [6.45, 7) is 5.74. The first-order valence-electron chi connectivity index (χ1n) is 9.87. The number of nitriles is 1. The summed E-state index contributed by atoms with van der Waals surface area (Å²) < 4.78 is 14.8. The molecule has 0 aliphatic heterocycles. The highest BCUT2D eigenvalue weighted by molar-refractivity contribution is 5.64. The first-order valence-corrected chi connectivity index (χ1v) is 9.87. The third-order valence-electron chi connectivity index (χ3n) is 5.99. The monoisotopic (exact) mass is 402 g/mol. The van der Waals surface area contributed by atoms with Gasteiger partial charge in [0.15, 0.2) is 0 Å². The second-order valence-electron chi connectivity index (χ2n) is 8.91. The number of pyridine rings is 1. The summed E-state index contributed by atoms with van der Waals surface area (Å²) in [4.78, 5) is 12.6. The quantitative estimate of drug-likeness (QED) is 0.694. The second-order valence-corrected chi connectivity index (χ2v) is 8.91. The van der Waals surface area contributed by atoms with Gasteiger partial charge >= 0.3 is 0 Å². The molecule has 0 saturated heterocycles. The zero-order valence-corrected chi connectivity index (χ0v) is 17.2. The Morgan fingerprint density at radius 3 is 2.27 bits per heavy atom. The Hall–Kier alpha value is -3.17. The molecule has 4 rings (SSSR count). The van der Waals surface area contributed by atoms with Crippen LogP contribution in [0.4, 0.5) is 4.39 Å². The fraction of sp³-hybridized carbons (Fsp3) is 0.333. The standard InChI is InChI=1S/C24H23FN4O/c1-22(2,3)24(30,18-12-27-15-28-13-18)21-7-4-16(11-29-21)19-6-5-17(10-20(19)25)23(14-26)8-9-23/h4-7,10-13,15,30H,8-9H2,1-3H3. The van der Waals surface area contributed by atoms with Crippen LogP contribution in [-0.4, -0.2) is 20.1 Å². The number of halogens is 1. The van der Waals surface area contributed by atoms with Crippen molar-refractivity contribution < 1.29 is 9.50 Å².